The van der Waals surface area contributed by atoms with E-state index in [0.29, 0.717) is 39.9 Å². The normalized spacial score (nSPS) is 13.7. The molecule has 2 amide bonds. The molecule has 6 heteroatoms. The highest BCUT2D eigenvalue weighted by molar-refractivity contribution is 6.46. The smallest absolute Gasteiger partial charge is 0.282 e. The zero-order valence-electron chi connectivity index (χ0n) is 17.2. The van der Waals surface area contributed by atoms with Crippen LogP contribution in [0.5, 0.6) is 5.75 Å². The Bertz CT molecular complexity index is 1170. The Morgan fingerprint density at radius 1 is 0.935 bits per heavy atom. The molecule has 31 heavy (non-hydrogen) atoms. The minimum absolute atomic E-state index is 0.210. The predicted octanol–water partition coefficient (Wildman–Crippen LogP) is 5.44. The minimum atomic E-state index is -0.416. The highest BCUT2D eigenvalue weighted by Gasteiger charge is 2.40. The number of imide groups is 1. The maximum absolute atomic E-state index is 13.4. The summed E-state index contributed by atoms with van der Waals surface area (Å²) in [6.45, 7) is 4.38. The molecular weight excluding hydrogens is 412 g/mol. The van der Waals surface area contributed by atoms with E-state index in [4.69, 9.17) is 16.3 Å². The van der Waals surface area contributed by atoms with Gasteiger partial charge in [0.25, 0.3) is 11.8 Å². The largest absolute Gasteiger partial charge is 0.494 e. The lowest BCUT2D eigenvalue weighted by Gasteiger charge is -2.15. The molecule has 3 aromatic rings. The molecule has 1 aliphatic heterocycles. The van der Waals surface area contributed by atoms with Crippen LogP contribution in [-0.2, 0) is 9.59 Å². The van der Waals surface area contributed by atoms with Crippen LogP contribution in [0, 0.1) is 6.92 Å². The van der Waals surface area contributed by atoms with Gasteiger partial charge < -0.3 is 10.1 Å². The summed E-state index contributed by atoms with van der Waals surface area (Å²) in [6.07, 6.45) is 0. The average Bonchev–Trinajstić information content (AvgIpc) is 3.00. The average molecular weight is 433 g/mol. The number of rotatable bonds is 6. The monoisotopic (exact) mass is 432 g/mol. The Kier molecular flexibility index (Phi) is 5.78. The van der Waals surface area contributed by atoms with Crippen LogP contribution in [-0.4, -0.2) is 18.4 Å². The van der Waals surface area contributed by atoms with Crippen molar-refractivity contribution < 1.29 is 14.3 Å². The first-order valence-electron chi connectivity index (χ1n) is 9.93. The topological polar surface area (TPSA) is 58.6 Å². The van der Waals surface area contributed by atoms with Gasteiger partial charge >= 0.3 is 0 Å². The van der Waals surface area contributed by atoms with E-state index in [9.17, 15) is 9.59 Å². The zero-order valence-corrected chi connectivity index (χ0v) is 17.9. The summed E-state index contributed by atoms with van der Waals surface area (Å²) in [5.41, 5.74) is 3.33. The van der Waals surface area contributed by atoms with E-state index in [1.807, 2.05) is 44.2 Å². The third-order valence-corrected chi connectivity index (χ3v) is 5.18. The number of hydrogen-bond donors (Lipinski definition) is 1. The van der Waals surface area contributed by atoms with E-state index in [1.165, 1.54) is 4.90 Å². The summed E-state index contributed by atoms with van der Waals surface area (Å²) < 4.78 is 5.55. The SMILES string of the molecule is CCOc1cccc(NC2=C(c3ccc(Cl)cc3)C(=O)N(c3ccc(C)cc3)C2=O)c1. The lowest BCUT2D eigenvalue weighted by Crippen LogP contribution is -2.32. The highest BCUT2D eigenvalue weighted by Crippen LogP contribution is 2.34. The maximum atomic E-state index is 13.4. The third-order valence-electron chi connectivity index (χ3n) is 4.92. The quantitative estimate of drug-likeness (QED) is 0.526. The van der Waals surface area contributed by atoms with Gasteiger partial charge in [-0.05, 0) is 55.8 Å². The molecular formula is C25H21ClN2O3. The van der Waals surface area contributed by atoms with Crippen LogP contribution in [0.25, 0.3) is 5.57 Å². The van der Waals surface area contributed by atoms with Gasteiger partial charge in [-0.2, -0.15) is 0 Å². The van der Waals surface area contributed by atoms with Crippen molar-refractivity contribution in [2.75, 3.05) is 16.8 Å². The Labute approximate surface area is 185 Å². The van der Waals surface area contributed by atoms with Crippen LogP contribution in [0.2, 0.25) is 5.02 Å². The number of anilines is 2. The molecule has 0 saturated heterocycles. The molecule has 1 aliphatic rings. The zero-order chi connectivity index (χ0) is 22.0. The van der Waals surface area contributed by atoms with Gasteiger partial charge in [0.05, 0.1) is 17.9 Å². The van der Waals surface area contributed by atoms with Crippen molar-refractivity contribution in [2.24, 2.45) is 0 Å². The number of aryl methyl sites for hydroxylation is 1. The number of nitrogens with one attached hydrogen (secondary N) is 1. The molecule has 0 aliphatic carbocycles. The van der Waals surface area contributed by atoms with E-state index in [2.05, 4.69) is 5.32 Å². The number of amides is 2. The number of hydrogen-bond acceptors (Lipinski definition) is 4. The second kappa shape index (κ2) is 8.66. The van der Waals surface area contributed by atoms with Gasteiger partial charge in [-0.3, -0.25) is 9.59 Å². The van der Waals surface area contributed by atoms with Crippen molar-refractivity contribution >= 4 is 40.4 Å². The summed E-state index contributed by atoms with van der Waals surface area (Å²) in [6, 6.07) is 21.4. The number of carbonyl (C=O) groups excluding carboxylic acids is 2. The van der Waals surface area contributed by atoms with E-state index in [-0.39, 0.29) is 11.6 Å². The van der Waals surface area contributed by atoms with E-state index < -0.39 is 5.91 Å². The van der Waals surface area contributed by atoms with Gasteiger partial charge in [-0.1, -0.05) is 47.5 Å². The fourth-order valence-corrected chi connectivity index (χ4v) is 3.56. The minimum Gasteiger partial charge on any atom is -0.494 e. The van der Waals surface area contributed by atoms with Crippen LogP contribution >= 0.6 is 11.6 Å². The summed E-state index contributed by atoms with van der Waals surface area (Å²) >= 11 is 6.03. The second-order valence-corrected chi connectivity index (χ2v) is 7.56. The standard InChI is InChI=1S/C25H21ClN2O3/c1-3-31-21-6-4-5-19(15-21)27-23-22(17-9-11-18(26)12-10-17)24(29)28(25(23)30)20-13-7-16(2)8-14-20/h4-15,27H,3H2,1-2H3. The fourth-order valence-electron chi connectivity index (χ4n) is 3.43. The summed E-state index contributed by atoms with van der Waals surface area (Å²) in [5.74, 6) is -0.131. The molecule has 0 spiro atoms. The van der Waals surface area contributed by atoms with Gasteiger partial charge in [0.15, 0.2) is 0 Å². The molecule has 0 saturated carbocycles. The molecule has 1 heterocycles. The van der Waals surface area contributed by atoms with Crippen LogP contribution in [0.4, 0.5) is 11.4 Å². The first-order valence-corrected chi connectivity index (χ1v) is 10.3. The van der Waals surface area contributed by atoms with Crippen LogP contribution in [0.15, 0.2) is 78.5 Å². The van der Waals surface area contributed by atoms with Crippen molar-refractivity contribution in [3.05, 3.63) is 94.6 Å². The first kappa shape index (κ1) is 20.7. The van der Waals surface area contributed by atoms with E-state index >= 15 is 0 Å². The van der Waals surface area contributed by atoms with Crippen LogP contribution in [0.1, 0.15) is 18.1 Å². The molecule has 0 bridgehead atoms. The third kappa shape index (κ3) is 4.18. The molecule has 1 N–H and O–H groups in total. The summed E-state index contributed by atoms with van der Waals surface area (Å²) in [5, 5.41) is 3.70. The number of halogens is 1. The van der Waals surface area contributed by atoms with E-state index in [0.717, 1.165) is 5.56 Å². The van der Waals surface area contributed by atoms with Gasteiger partial charge in [0.2, 0.25) is 0 Å². The predicted molar refractivity (Wildman–Crippen MR) is 123 cm³/mol. The Morgan fingerprint density at radius 2 is 1.65 bits per heavy atom. The van der Waals surface area contributed by atoms with Gasteiger partial charge in [0, 0.05) is 16.8 Å². The number of benzene rings is 3. The van der Waals surface area contributed by atoms with Gasteiger partial charge in [-0.25, -0.2) is 4.90 Å². The molecule has 0 aromatic heterocycles. The molecule has 156 valence electrons. The fraction of sp³-hybridized carbons (Fsp3) is 0.120. The number of ether oxygens (including phenoxy) is 1. The Hall–Kier alpha value is -3.57. The molecule has 0 unspecified atom stereocenters. The van der Waals surface area contributed by atoms with E-state index in [1.54, 1.807) is 42.5 Å². The maximum Gasteiger partial charge on any atom is 0.282 e. The number of nitrogens with zero attached hydrogens (tertiary/aromatic N) is 1. The van der Waals surface area contributed by atoms with Crippen LogP contribution < -0.4 is 15.0 Å². The van der Waals surface area contributed by atoms with Gasteiger partial charge in [-0.15, -0.1) is 0 Å². The summed E-state index contributed by atoms with van der Waals surface area (Å²) in [4.78, 5) is 28.0. The van der Waals surface area contributed by atoms with Crippen molar-refractivity contribution in [2.45, 2.75) is 13.8 Å². The van der Waals surface area contributed by atoms with Crippen molar-refractivity contribution in [1.82, 2.24) is 0 Å². The molecule has 0 atom stereocenters. The highest BCUT2D eigenvalue weighted by atomic mass is 35.5. The van der Waals surface area contributed by atoms with Crippen LogP contribution in [0.3, 0.4) is 0 Å². The molecule has 0 radical (unpaired) electrons. The van der Waals surface area contributed by atoms with Crippen molar-refractivity contribution in [3.63, 3.8) is 0 Å². The Balaban J connectivity index is 1.78. The second-order valence-electron chi connectivity index (χ2n) is 7.12. The van der Waals surface area contributed by atoms with Crippen molar-refractivity contribution in [3.8, 4) is 5.75 Å². The summed E-state index contributed by atoms with van der Waals surface area (Å²) in [7, 11) is 0. The lowest BCUT2D eigenvalue weighted by molar-refractivity contribution is -0.120. The van der Waals surface area contributed by atoms with Crippen molar-refractivity contribution in [1.29, 1.82) is 0 Å². The lowest BCUT2D eigenvalue weighted by atomic mass is 10.0. The Morgan fingerprint density at radius 3 is 2.32 bits per heavy atom. The number of carbonyl (C=O) groups is 2. The molecule has 4 rings (SSSR count). The molecule has 0 fully saturated rings. The first-order chi connectivity index (χ1) is 15.0. The molecule has 5 nitrogen and oxygen atoms in total. The van der Waals surface area contributed by atoms with Gasteiger partial charge in [0.1, 0.15) is 11.4 Å². The molecule has 3 aromatic carbocycles.